The van der Waals surface area contributed by atoms with Gasteiger partial charge in [0.05, 0.1) is 0 Å². The quantitative estimate of drug-likeness (QED) is 0.370. The molecule has 0 aromatic rings. The Labute approximate surface area is 158 Å². The van der Waals surface area contributed by atoms with Crippen molar-refractivity contribution in [1.29, 1.82) is 0 Å². The number of hydrogen-bond acceptors (Lipinski definition) is 4. The van der Waals surface area contributed by atoms with Crippen molar-refractivity contribution in [2.45, 2.75) is 57.4 Å². The molecule has 0 saturated heterocycles. The van der Waals surface area contributed by atoms with E-state index in [0.717, 1.165) is 0 Å². The molecular formula is C13H18F9O4S2+. The van der Waals surface area contributed by atoms with E-state index in [9.17, 15) is 52.7 Å². The molecule has 0 heterocycles. The first-order valence-electron chi connectivity index (χ1n) is 7.37. The number of alkyl halides is 9. The van der Waals surface area contributed by atoms with Gasteiger partial charge in [0.1, 0.15) is 5.75 Å². The zero-order chi connectivity index (χ0) is 23.0. The highest BCUT2D eigenvalue weighted by Crippen LogP contribution is 2.55. The fraction of sp³-hybridized carbons (Fsp3) is 0.923. The Morgan fingerprint density at radius 2 is 1.32 bits per heavy atom. The second kappa shape index (κ2) is 8.20. The van der Waals surface area contributed by atoms with Crippen LogP contribution in [0.4, 0.5) is 39.5 Å². The normalized spacial score (nSPS) is 16.2. The number of halogens is 9. The molecule has 0 bridgehead atoms. The van der Waals surface area contributed by atoms with Crippen LogP contribution in [-0.4, -0.2) is 49.0 Å². The first kappa shape index (κ1) is 27.3. The lowest BCUT2D eigenvalue weighted by Crippen LogP contribution is -2.63. The third kappa shape index (κ3) is 5.68. The van der Waals surface area contributed by atoms with E-state index in [1.807, 2.05) is 0 Å². The summed E-state index contributed by atoms with van der Waals surface area (Å²) in [5, 5.41) is -6.93. The van der Waals surface area contributed by atoms with Gasteiger partial charge in [-0.05, 0) is 3.63 Å². The van der Waals surface area contributed by atoms with Gasteiger partial charge in [-0.25, -0.2) is 0 Å². The Balaban J connectivity index is 6.06. The van der Waals surface area contributed by atoms with Gasteiger partial charge in [-0.1, -0.05) is 27.7 Å². The third-order valence-electron chi connectivity index (χ3n) is 2.93. The summed E-state index contributed by atoms with van der Waals surface area (Å²) >= 11 is -2.30. The smallest absolute Gasteiger partial charge is 0.294 e. The van der Waals surface area contributed by atoms with Crippen molar-refractivity contribution in [3.05, 3.63) is 0 Å². The molecule has 0 amide bonds. The third-order valence-corrected chi connectivity index (χ3v) is 7.13. The number of hydrogen-bond donors (Lipinski definition) is 0. The Bertz CT molecular complexity index is 666. The number of carbonyl (C=O) groups is 1. The largest absolute Gasteiger partial charge is 0.460 e. The van der Waals surface area contributed by atoms with Crippen LogP contribution in [0.3, 0.4) is 0 Å². The van der Waals surface area contributed by atoms with E-state index in [-0.39, 0.29) is 6.42 Å². The summed E-state index contributed by atoms with van der Waals surface area (Å²) in [7, 11) is -6.99. The van der Waals surface area contributed by atoms with Crippen LogP contribution < -0.4 is 0 Å². The first-order chi connectivity index (χ1) is 12.0. The van der Waals surface area contributed by atoms with Crippen molar-refractivity contribution in [1.82, 2.24) is 0 Å². The fourth-order valence-corrected chi connectivity index (χ4v) is 5.36. The summed E-state index contributed by atoms with van der Waals surface area (Å²) in [5.41, 5.74) is -0.889. The molecule has 0 aliphatic rings. The van der Waals surface area contributed by atoms with Crippen molar-refractivity contribution in [2.75, 3.05) is 11.5 Å². The van der Waals surface area contributed by atoms with Gasteiger partial charge < -0.3 is 0 Å². The first-order valence-corrected chi connectivity index (χ1v) is 10.3. The summed E-state index contributed by atoms with van der Waals surface area (Å²) in [6.45, 7) is 5.61. The van der Waals surface area contributed by atoms with Gasteiger partial charge >= 0.3 is 33.4 Å². The summed E-state index contributed by atoms with van der Waals surface area (Å²) < 4.78 is 143. The fourth-order valence-electron chi connectivity index (χ4n) is 1.55. The van der Waals surface area contributed by atoms with Crippen molar-refractivity contribution < 1.29 is 56.4 Å². The standard InChI is InChI=1S/C13H18F9O4S2/c1-5-8(23)6-27(7-9(2,3)4)26-28(24,25)13(21,22)11(16,17)10(14,15)12(18,19)20/h5-7H2,1-4H3/q+1. The minimum Gasteiger partial charge on any atom is -0.294 e. The van der Waals surface area contributed by atoms with E-state index in [4.69, 9.17) is 0 Å². The Morgan fingerprint density at radius 1 is 0.893 bits per heavy atom. The molecule has 0 aromatic carbocycles. The van der Waals surface area contributed by atoms with Crippen LogP contribution in [-0.2, 0) is 29.7 Å². The number of Topliss-reactive ketones (excluding diaryl/α,β-unsaturated/α-hetero) is 1. The van der Waals surface area contributed by atoms with Gasteiger partial charge in [0, 0.05) is 11.8 Å². The lowest BCUT2D eigenvalue weighted by Gasteiger charge is -2.32. The van der Waals surface area contributed by atoms with Crippen LogP contribution in [0.5, 0.6) is 0 Å². The van der Waals surface area contributed by atoms with Crippen molar-refractivity contribution in [2.24, 2.45) is 5.41 Å². The van der Waals surface area contributed by atoms with Gasteiger partial charge in [0.2, 0.25) is 5.75 Å². The molecule has 1 unspecified atom stereocenters. The minimum atomic E-state index is -7.37. The molecule has 0 saturated carbocycles. The predicted molar refractivity (Wildman–Crippen MR) is 82.8 cm³/mol. The summed E-state index contributed by atoms with van der Waals surface area (Å²) in [4.78, 5) is 11.5. The molecule has 0 aliphatic carbocycles. The molecule has 0 fully saturated rings. The van der Waals surface area contributed by atoms with Crippen molar-refractivity contribution in [3.63, 3.8) is 0 Å². The molecule has 0 aliphatic heterocycles. The van der Waals surface area contributed by atoms with Crippen molar-refractivity contribution in [3.8, 4) is 0 Å². The number of carbonyl (C=O) groups excluding carboxylic acids is 1. The van der Waals surface area contributed by atoms with Gasteiger partial charge in [-0.15, -0.1) is 0 Å². The summed E-state index contributed by atoms with van der Waals surface area (Å²) in [6, 6.07) is 0. The molecule has 0 spiro atoms. The van der Waals surface area contributed by atoms with Crippen LogP contribution in [0.15, 0.2) is 0 Å². The highest BCUT2D eigenvalue weighted by atomic mass is 32.3. The van der Waals surface area contributed by atoms with Gasteiger partial charge in [-0.3, -0.25) is 4.79 Å². The lowest BCUT2D eigenvalue weighted by atomic mass is 10.0. The molecule has 0 radical (unpaired) electrons. The minimum absolute atomic E-state index is 0.213. The maximum atomic E-state index is 13.7. The SMILES string of the molecule is CCC(=O)C[S+](CC(C)(C)C)OS(=O)(=O)C(F)(F)C(F)(F)C(F)(F)C(F)(F)F. The van der Waals surface area contributed by atoms with Crippen LogP contribution >= 0.6 is 0 Å². The molecule has 0 aromatic heterocycles. The van der Waals surface area contributed by atoms with E-state index in [2.05, 4.69) is 3.63 Å². The Kier molecular flexibility index (Phi) is 8.00. The van der Waals surface area contributed by atoms with Gasteiger partial charge in [-0.2, -0.15) is 47.9 Å². The van der Waals surface area contributed by atoms with E-state index in [1.54, 1.807) is 0 Å². The van der Waals surface area contributed by atoms with Crippen LogP contribution in [0.1, 0.15) is 34.1 Å². The molecule has 4 nitrogen and oxygen atoms in total. The molecule has 0 N–H and O–H groups in total. The maximum absolute atomic E-state index is 13.7. The molecule has 15 heteroatoms. The zero-order valence-electron chi connectivity index (χ0n) is 15.0. The molecule has 168 valence electrons. The average Bonchev–Trinajstić information content (AvgIpc) is 2.42. The highest BCUT2D eigenvalue weighted by molar-refractivity contribution is 8.03. The topological polar surface area (TPSA) is 60.4 Å². The number of rotatable bonds is 9. The summed E-state index contributed by atoms with van der Waals surface area (Å²) in [6.07, 6.45) is -7.38. The van der Waals surface area contributed by atoms with Gasteiger partial charge in [0.15, 0.2) is 17.0 Å². The van der Waals surface area contributed by atoms with E-state index >= 15 is 0 Å². The Hall–Kier alpha value is -0.700. The highest BCUT2D eigenvalue weighted by Gasteiger charge is 2.86. The lowest BCUT2D eigenvalue weighted by molar-refractivity contribution is -0.382. The second-order valence-corrected chi connectivity index (χ2v) is 10.3. The van der Waals surface area contributed by atoms with Crippen LogP contribution in [0, 0.1) is 5.41 Å². The predicted octanol–water partition coefficient (Wildman–Crippen LogP) is 4.32. The van der Waals surface area contributed by atoms with Gasteiger partial charge in [0.25, 0.3) is 0 Å². The molecule has 28 heavy (non-hydrogen) atoms. The number of ketones is 1. The molecule has 1 atom stereocenters. The van der Waals surface area contributed by atoms with Crippen LogP contribution in [0.2, 0.25) is 0 Å². The van der Waals surface area contributed by atoms with Crippen LogP contribution in [0.25, 0.3) is 0 Å². The summed E-state index contributed by atoms with van der Waals surface area (Å²) in [5.74, 6) is -16.7. The van der Waals surface area contributed by atoms with E-state index in [0.29, 0.717) is 0 Å². The molecule has 0 rings (SSSR count). The molecular weight excluding hydrogens is 455 g/mol. The maximum Gasteiger partial charge on any atom is 0.460 e. The second-order valence-electron chi connectivity index (χ2n) is 6.87. The van der Waals surface area contributed by atoms with E-state index in [1.165, 1.54) is 27.7 Å². The monoisotopic (exact) mass is 473 g/mol. The zero-order valence-corrected chi connectivity index (χ0v) is 16.6. The van der Waals surface area contributed by atoms with Crippen molar-refractivity contribution >= 4 is 27.1 Å². The average molecular weight is 473 g/mol. The van der Waals surface area contributed by atoms with E-state index < -0.39 is 67.3 Å². The Morgan fingerprint density at radius 3 is 1.64 bits per heavy atom.